The summed E-state index contributed by atoms with van der Waals surface area (Å²) >= 11 is 2.58. The molecule has 0 saturated carbocycles. The van der Waals surface area contributed by atoms with Crippen LogP contribution in [0, 0.1) is 0 Å². The van der Waals surface area contributed by atoms with Gasteiger partial charge >= 0.3 is 5.97 Å². The van der Waals surface area contributed by atoms with Crippen LogP contribution < -0.4 is 15.6 Å². The van der Waals surface area contributed by atoms with Crippen LogP contribution in [0.2, 0.25) is 0 Å². The van der Waals surface area contributed by atoms with Crippen LogP contribution in [0.15, 0.2) is 52.9 Å². The number of hydrogen-bond acceptors (Lipinski definition) is 8. The van der Waals surface area contributed by atoms with E-state index < -0.39 is 11.9 Å². The Hall–Kier alpha value is -3.50. The molecular formula is C22H19N3O5S2. The van der Waals surface area contributed by atoms with Crippen molar-refractivity contribution in [2.24, 2.45) is 0 Å². The van der Waals surface area contributed by atoms with Gasteiger partial charge in [-0.2, -0.15) is 0 Å². The number of rotatable bonds is 7. The molecule has 3 heterocycles. The van der Waals surface area contributed by atoms with E-state index >= 15 is 0 Å². The highest BCUT2D eigenvalue weighted by Crippen LogP contribution is 2.36. The second-order valence-electron chi connectivity index (χ2n) is 6.67. The number of nitrogens with one attached hydrogen (secondary N) is 1. The van der Waals surface area contributed by atoms with Crippen LogP contribution in [0.25, 0.3) is 20.7 Å². The molecule has 3 aromatic heterocycles. The van der Waals surface area contributed by atoms with E-state index in [1.807, 2.05) is 24.3 Å². The number of benzene rings is 1. The summed E-state index contributed by atoms with van der Waals surface area (Å²) in [6.45, 7) is 1.70. The predicted molar refractivity (Wildman–Crippen MR) is 125 cm³/mol. The fourth-order valence-electron chi connectivity index (χ4n) is 3.08. The lowest BCUT2D eigenvalue weighted by atomic mass is 10.2. The summed E-state index contributed by atoms with van der Waals surface area (Å²) in [5.41, 5.74) is 0.910. The molecule has 1 amide bonds. The normalized spacial score (nSPS) is 10.8. The molecule has 4 rings (SSSR count). The highest BCUT2D eigenvalue weighted by atomic mass is 32.1. The molecule has 0 fully saturated rings. The van der Waals surface area contributed by atoms with Crippen LogP contribution in [0.4, 0.5) is 5.69 Å². The average molecular weight is 470 g/mol. The lowest BCUT2D eigenvalue weighted by Crippen LogP contribution is -2.27. The largest absolute Gasteiger partial charge is 0.497 e. The Labute approximate surface area is 191 Å². The molecule has 0 bridgehead atoms. The van der Waals surface area contributed by atoms with E-state index in [0.717, 1.165) is 10.4 Å². The minimum Gasteiger partial charge on any atom is -0.497 e. The third-order valence-corrected chi connectivity index (χ3v) is 6.59. The topological polar surface area (TPSA) is 99.5 Å². The molecule has 1 aromatic carbocycles. The standard InChI is InChI=1S/C22H19N3O5S2/c1-3-30-22(28)19-16(10-17(32-19)13-4-6-14(29-2)7-5-13)24-18(26)11-25-12-23-20-15(21(25)27)8-9-31-20/h4-10,12H,3,11H2,1-2H3,(H,24,26). The van der Waals surface area contributed by atoms with Gasteiger partial charge in [-0.3, -0.25) is 14.2 Å². The van der Waals surface area contributed by atoms with Gasteiger partial charge in [-0.1, -0.05) is 0 Å². The highest BCUT2D eigenvalue weighted by molar-refractivity contribution is 7.18. The van der Waals surface area contributed by atoms with Crippen molar-refractivity contribution in [2.45, 2.75) is 13.5 Å². The Kier molecular flexibility index (Phi) is 6.33. The Morgan fingerprint density at radius 2 is 1.97 bits per heavy atom. The van der Waals surface area contributed by atoms with Gasteiger partial charge in [0.1, 0.15) is 22.0 Å². The van der Waals surface area contributed by atoms with Gasteiger partial charge in [-0.25, -0.2) is 9.78 Å². The van der Waals surface area contributed by atoms with E-state index in [4.69, 9.17) is 9.47 Å². The molecule has 0 aliphatic heterocycles. The highest BCUT2D eigenvalue weighted by Gasteiger charge is 2.20. The van der Waals surface area contributed by atoms with Gasteiger partial charge in [0.2, 0.25) is 5.91 Å². The fourth-order valence-corrected chi connectivity index (χ4v) is 4.82. The summed E-state index contributed by atoms with van der Waals surface area (Å²) in [4.78, 5) is 43.6. The summed E-state index contributed by atoms with van der Waals surface area (Å²) in [6, 6.07) is 10.8. The van der Waals surface area contributed by atoms with E-state index in [1.165, 1.54) is 33.6 Å². The van der Waals surface area contributed by atoms with E-state index in [-0.39, 0.29) is 23.6 Å². The molecule has 0 saturated heterocycles. The average Bonchev–Trinajstić information content (AvgIpc) is 3.44. The Balaban J connectivity index is 1.60. The van der Waals surface area contributed by atoms with E-state index in [2.05, 4.69) is 10.3 Å². The number of hydrogen-bond donors (Lipinski definition) is 1. The number of carbonyl (C=O) groups excluding carboxylic acids is 2. The maximum atomic E-state index is 12.7. The Morgan fingerprint density at radius 3 is 2.69 bits per heavy atom. The van der Waals surface area contributed by atoms with Crippen molar-refractivity contribution in [2.75, 3.05) is 19.0 Å². The zero-order valence-corrected chi connectivity index (χ0v) is 18.9. The van der Waals surface area contributed by atoms with Crippen LogP contribution >= 0.6 is 22.7 Å². The molecule has 164 valence electrons. The number of esters is 1. The lowest BCUT2D eigenvalue weighted by Gasteiger charge is -2.08. The molecule has 8 nitrogen and oxygen atoms in total. The molecule has 1 N–H and O–H groups in total. The van der Waals surface area contributed by atoms with Crippen molar-refractivity contribution in [1.82, 2.24) is 9.55 Å². The first kappa shape index (κ1) is 21.7. The molecule has 0 radical (unpaired) electrons. The number of ether oxygens (including phenoxy) is 2. The molecule has 10 heteroatoms. The molecule has 0 spiro atoms. The maximum absolute atomic E-state index is 12.7. The SMILES string of the molecule is CCOC(=O)c1sc(-c2ccc(OC)cc2)cc1NC(=O)Cn1cnc2sccc2c1=O. The van der Waals surface area contributed by atoms with Gasteiger partial charge in [0.25, 0.3) is 5.56 Å². The summed E-state index contributed by atoms with van der Waals surface area (Å²) in [5.74, 6) is -0.259. The molecule has 4 aromatic rings. The predicted octanol–water partition coefficient (Wildman–Crippen LogP) is 4.01. The van der Waals surface area contributed by atoms with Crippen molar-refractivity contribution in [3.05, 3.63) is 63.3 Å². The Morgan fingerprint density at radius 1 is 1.19 bits per heavy atom. The summed E-state index contributed by atoms with van der Waals surface area (Å²) < 4.78 is 11.6. The number of carbonyl (C=O) groups is 2. The van der Waals surface area contributed by atoms with Crippen molar-refractivity contribution in [1.29, 1.82) is 0 Å². The third-order valence-electron chi connectivity index (χ3n) is 4.61. The van der Waals surface area contributed by atoms with Crippen LogP contribution in [-0.4, -0.2) is 35.1 Å². The molecule has 0 unspecified atom stereocenters. The number of anilines is 1. The molecule has 0 atom stereocenters. The quantitative estimate of drug-likeness (QED) is 0.411. The van der Waals surface area contributed by atoms with Gasteiger partial charge in [0.05, 0.1) is 31.1 Å². The van der Waals surface area contributed by atoms with E-state index in [9.17, 15) is 14.4 Å². The van der Waals surface area contributed by atoms with Gasteiger partial charge in [-0.05, 0) is 54.3 Å². The van der Waals surface area contributed by atoms with Crippen molar-refractivity contribution in [3.8, 4) is 16.2 Å². The lowest BCUT2D eigenvalue weighted by molar-refractivity contribution is -0.116. The number of aromatic nitrogens is 2. The third kappa shape index (κ3) is 4.41. The van der Waals surface area contributed by atoms with Crippen LogP contribution in [0.3, 0.4) is 0 Å². The molecule has 0 aliphatic rings. The first-order valence-corrected chi connectivity index (χ1v) is 11.4. The summed E-state index contributed by atoms with van der Waals surface area (Å²) in [6.07, 6.45) is 1.35. The van der Waals surface area contributed by atoms with Crippen molar-refractivity contribution < 1.29 is 19.1 Å². The van der Waals surface area contributed by atoms with Gasteiger partial charge in [-0.15, -0.1) is 22.7 Å². The number of thiophene rings is 2. The fraction of sp³-hybridized carbons (Fsp3) is 0.182. The first-order valence-electron chi connectivity index (χ1n) is 9.68. The zero-order valence-electron chi connectivity index (χ0n) is 17.3. The number of methoxy groups -OCH3 is 1. The molecule has 32 heavy (non-hydrogen) atoms. The molecule has 0 aliphatic carbocycles. The Bertz CT molecular complexity index is 1340. The summed E-state index contributed by atoms with van der Waals surface area (Å²) in [5, 5.41) is 4.99. The number of amides is 1. The van der Waals surface area contributed by atoms with E-state index in [1.54, 1.807) is 31.5 Å². The smallest absolute Gasteiger partial charge is 0.350 e. The van der Waals surface area contributed by atoms with Crippen LogP contribution in [0.1, 0.15) is 16.6 Å². The van der Waals surface area contributed by atoms with Gasteiger partial charge in [0.15, 0.2) is 0 Å². The van der Waals surface area contributed by atoms with Gasteiger partial charge < -0.3 is 14.8 Å². The van der Waals surface area contributed by atoms with Crippen molar-refractivity contribution >= 4 is 50.5 Å². The van der Waals surface area contributed by atoms with Crippen molar-refractivity contribution in [3.63, 3.8) is 0 Å². The van der Waals surface area contributed by atoms with E-state index in [0.29, 0.717) is 21.7 Å². The van der Waals surface area contributed by atoms with Gasteiger partial charge in [0, 0.05) is 4.88 Å². The van der Waals surface area contributed by atoms with Crippen LogP contribution in [0.5, 0.6) is 5.75 Å². The zero-order chi connectivity index (χ0) is 22.7. The minimum atomic E-state index is -0.522. The number of fused-ring (bicyclic) bond motifs is 1. The maximum Gasteiger partial charge on any atom is 0.350 e. The van der Waals surface area contributed by atoms with Crippen LogP contribution in [-0.2, 0) is 16.1 Å². The summed E-state index contributed by atoms with van der Waals surface area (Å²) in [7, 11) is 1.59. The monoisotopic (exact) mass is 469 g/mol. The molecular weight excluding hydrogens is 450 g/mol. The second-order valence-corrected chi connectivity index (χ2v) is 8.61. The second kappa shape index (κ2) is 9.33. The minimum absolute atomic E-state index is 0.212. The first-order chi connectivity index (χ1) is 15.5. The number of nitrogens with zero attached hydrogens (tertiary/aromatic N) is 2.